The van der Waals surface area contributed by atoms with Gasteiger partial charge in [0.2, 0.25) is 0 Å². The van der Waals surface area contributed by atoms with Crippen LogP contribution in [-0.2, 0) is 12.5 Å². The normalized spacial score (nSPS) is 11.2. The van der Waals surface area contributed by atoms with Crippen LogP contribution in [-0.4, -0.2) is 25.8 Å². The molecule has 0 aliphatic rings. The van der Waals surface area contributed by atoms with E-state index in [0.29, 0.717) is 11.4 Å². The molecular weight excluding hydrogens is 256 g/mol. The maximum Gasteiger partial charge on any atom is 0.323 e. The lowest BCUT2D eigenvalue weighted by molar-refractivity contribution is 0.262. The second-order valence-corrected chi connectivity index (χ2v) is 5.53. The Bertz CT molecular complexity index is 596. The van der Waals surface area contributed by atoms with Crippen molar-refractivity contribution in [3.63, 3.8) is 0 Å². The molecule has 0 saturated carbocycles. The van der Waals surface area contributed by atoms with Crippen LogP contribution in [0.5, 0.6) is 0 Å². The maximum absolute atomic E-state index is 11.8. The van der Waals surface area contributed by atoms with Crippen molar-refractivity contribution in [1.82, 2.24) is 19.7 Å². The minimum absolute atomic E-state index is 0.115. The van der Waals surface area contributed by atoms with Crippen molar-refractivity contribution in [2.45, 2.75) is 26.2 Å². The zero-order valence-electron chi connectivity index (χ0n) is 12.0. The molecule has 0 fully saturated rings. The summed E-state index contributed by atoms with van der Waals surface area (Å²) in [4.78, 5) is 20.2. The number of amides is 2. The molecule has 2 heterocycles. The highest BCUT2D eigenvalue weighted by atomic mass is 16.2. The lowest BCUT2D eigenvalue weighted by Gasteiger charge is -2.16. The number of carbonyl (C=O) groups is 1. The first-order valence-corrected chi connectivity index (χ1v) is 6.24. The highest BCUT2D eigenvalue weighted by Crippen LogP contribution is 2.18. The molecule has 0 radical (unpaired) electrons. The lowest BCUT2D eigenvalue weighted by atomic mass is 9.96. The number of nitrogens with one attached hydrogen (secondary N) is 2. The van der Waals surface area contributed by atoms with Gasteiger partial charge in [0.25, 0.3) is 0 Å². The molecule has 2 aromatic rings. The Morgan fingerprint density at radius 2 is 1.70 bits per heavy atom. The Labute approximate surface area is 117 Å². The van der Waals surface area contributed by atoms with Crippen LogP contribution < -0.4 is 10.6 Å². The minimum Gasteiger partial charge on any atom is -0.305 e. The summed E-state index contributed by atoms with van der Waals surface area (Å²) in [6, 6.07) is -0.356. The molecule has 7 heteroatoms. The number of urea groups is 1. The summed E-state index contributed by atoms with van der Waals surface area (Å²) >= 11 is 0. The first-order valence-electron chi connectivity index (χ1n) is 6.24. The Morgan fingerprint density at radius 1 is 1.10 bits per heavy atom. The molecule has 0 unspecified atom stereocenters. The first-order chi connectivity index (χ1) is 9.34. The van der Waals surface area contributed by atoms with Crippen molar-refractivity contribution in [2.24, 2.45) is 7.05 Å². The van der Waals surface area contributed by atoms with Gasteiger partial charge in [-0.3, -0.25) is 4.68 Å². The van der Waals surface area contributed by atoms with E-state index < -0.39 is 0 Å². The number of anilines is 2. The van der Waals surface area contributed by atoms with Gasteiger partial charge in [-0.05, 0) is 0 Å². The monoisotopic (exact) mass is 274 g/mol. The summed E-state index contributed by atoms with van der Waals surface area (Å²) in [5, 5.41) is 9.30. The molecule has 106 valence electrons. The van der Waals surface area contributed by atoms with Crippen molar-refractivity contribution in [2.75, 3.05) is 10.6 Å². The van der Waals surface area contributed by atoms with Crippen molar-refractivity contribution < 1.29 is 4.79 Å². The molecule has 0 bridgehead atoms. The minimum atomic E-state index is -0.356. The number of carbonyl (C=O) groups excluding carboxylic acids is 1. The third-order valence-electron chi connectivity index (χ3n) is 2.54. The number of aryl methyl sites for hydroxylation is 1. The molecule has 2 rings (SSSR count). The predicted octanol–water partition coefficient (Wildman–Crippen LogP) is 2.15. The van der Waals surface area contributed by atoms with Crippen LogP contribution in [0.1, 0.15) is 26.6 Å². The quantitative estimate of drug-likeness (QED) is 0.878. The fraction of sp³-hybridized carbons (Fsp3) is 0.385. The first kappa shape index (κ1) is 14.0. The molecule has 0 aliphatic heterocycles. The average molecular weight is 274 g/mol. The third kappa shape index (κ3) is 3.53. The van der Waals surface area contributed by atoms with Gasteiger partial charge < -0.3 is 10.6 Å². The van der Waals surface area contributed by atoms with E-state index in [4.69, 9.17) is 0 Å². The van der Waals surface area contributed by atoms with Gasteiger partial charge in [-0.25, -0.2) is 14.8 Å². The van der Waals surface area contributed by atoms with Gasteiger partial charge in [0, 0.05) is 18.7 Å². The summed E-state index contributed by atoms with van der Waals surface area (Å²) in [5.41, 5.74) is 1.05. The third-order valence-corrected chi connectivity index (χ3v) is 2.54. The Balaban J connectivity index is 1.98. The standard InChI is InChI=1S/C13H18N6O/c1-13(2,3)11-14-5-9(6-15-11)17-12(20)18-10-7-16-19(4)8-10/h5-8H,1-4H3,(H2,17,18,20). The van der Waals surface area contributed by atoms with Gasteiger partial charge in [0.15, 0.2) is 0 Å². The fourth-order valence-corrected chi connectivity index (χ4v) is 1.56. The largest absolute Gasteiger partial charge is 0.323 e. The highest BCUT2D eigenvalue weighted by molar-refractivity contribution is 5.99. The van der Waals surface area contributed by atoms with Crippen molar-refractivity contribution in [3.05, 3.63) is 30.6 Å². The van der Waals surface area contributed by atoms with Gasteiger partial charge in [0.1, 0.15) is 5.82 Å². The summed E-state index contributed by atoms with van der Waals surface area (Å²) in [6.07, 6.45) is 6.46. The second kappa shape index (κ2) is 5.28. The van der Waals surface area contributed by atoms with Crippen molar-refractivity contribution in [1.29, 1.82) is 0 Å². The van der Waals surface area contributed by atoms with Crippen LogP contribution in [0.25, 0.3) is 0 Å². The molecule has 2 N–H and O–H groups in total. The van der Waals surface area contributed by atoms with Crippen molar-refractivity contribution in [3.8, 4) is 0 Å². The lowest BCUT2D eigenvalue weighted by Crippen LogP contribution is -2.20. The molecule has 0 saturated heterocycles. The summed E-state index contributed by atoms with van der Waals surface area (Å²) in [5.74, 6) is 0.732. The Hall–Kier alpha value is -2.44. The summed E-state index contributed by atoms with van der Waals surface area (Å²) < 4.78 is 1.61. The second-order valence-electron chi connectivity index (χ2n) is 5.53. The zero-order chi connectivity index (χ0) is 14.8. The molecule has 7 nitrogen and oxygen atoms in total. The van der Waals surface area contributed by atoms with E-state index in [2.05, 4.69) is 25.7 Å². The molecular formula is C13H18N6O. The van der Waals surface area contributed by atoms with E-state index in [9.17, 15) is 4.79 Å². The number of nitrogens with zero attached hydrogens (tertiary/aromatic N) is 4. The molecule has 2 amide bonds. The van der Waals surface area contributed by atoms with E-state index in [1.165, 1.54) is 0 Å². The molecule has 0 aromatic carbocycles. The zero-order valence-corrected chi connectivity index (χ0v) is 12.0. The molecule has 20 heavy (non-hydrogen) atoms. The highest BCUT2D eigenvalue weighted by Gasteiger charge is 2.16. The van der Waals surface area contributed by atoms with E-state index in [-0.39, 0.29) is 11.4 Å². The van der Waals surface area contributed by atoms with Gasteiger partial charge in [-0.2, -0.15) is 5.10 Å². The molecule has 2 aromatic heterocycles. The van der Waals surface area contributed by atoms with E-state index in [1.54, 1.807) is 36.5 Å². The molecule has 0 spiro atoms. The van der Waals surface area contributed by atoms with E-state index in [0.717, 1.165) is 5.82 Å². The number of hydrogen-bond donors (Lipinski definition) is 2. The van der Waals surface area contributed by atoms with Crippen LogP contribution in [0.2, 0.25) is 0 Å². The fourth-order valence-electron chi connectivity index (χ4n) is 1.56. The van der Waals surface area contributed by atoms with Gasteiger partial charge in [-0.15, -0.1) is 0 Å². The molecule has 0 aliphatic carbocycles. The predicted molar refractivity (Wildman–Crippen MR) is 76.6 cm³/mol. The van der Waals surface area contributed by atoms with Gasteiger partial charge in [0.05, 0.1) is 30.0 Å². The topological polar surface area (TPSA) is 84.7 Å². The Kier molecular flexibility index (Phi) is 3.69. The Morgan fingerprint density at radius 3 is 2.20 bits per heavy atom. The van der Waals surface area contributed by atoms with Crippen LogP contribution in [0, 0.1) is 0 Å². The molecule has 0 atom stereocenters. The van der Waals surface area contributed by atoms with Gasteiger partial charge in [-0.1, -0.05) is 20.8 Å². The number of rotatable bonds is 2. The SMILES string of the molecule is Cn1cc(NC(=O)Nc2cnc(C(C)(C)C)nc2)cn1. The van der Waals surface area contributed by atoms with Crippen LogP contribution in [0.3, 0.4) is 0 Å². The smallest absolute Gasteiger partial charge is 0.305 e. The maximum atomic E-state index is 11.8. The number of aromatic nitrogens is 4. The van der Waals surface area contributed by atoms with Crippen LogP contribution >= 0.6 is 0 Å². The van der Waals surface area contributed by atoms with E-state index in [1.807, 2.05) is 20.8 Å². The van der Waals surface area contributed by atoms with E-state index >= 15 is 0 Å². The van der Waals surface area contributed by atoms with Crippen molar-refractivity contribution >= 4 is 17.4 Å². The average Bonchev–Trinajstić information content (AvgIpc) is 2.74. The number of hydrogen-bond acceptors (Lipinski definition) is 4. The van der Waals surface area contributed by atoms with Gasteiger partial charge >= 0.3 is 6.03 Å². The van der Waals surface area contributed by atoms with Crippen LogP contribution in [0.4, 0.5) is 16.2 Å². The van der Waals surface area contributed by atoms with Crippen LogP contribution in [0.15, 0.2) is 24.8 Å². The summed E-state index contributed by atoms with van der Waals surface area (Å²) in [6.45, 7) is 6.10. The summed E-state index contributed by atoms with van der Waals surface area (Å²) in [7, 11) is 1.78.